The lowest BCUT2D eigenvalue weighted by molar-refractivity contribution is 1.39. The summed E-state index contributed by atoms with van der Waals surface area (Å²) in [4.78, 5) is 0. The third kappa shape index (κ3) is 2.87. The van der Waals surface area contributed by atoms with Gasteiger partial charge in [0, 0.05) is 27.1 Å². The lowest BCUT2D eigenvalue weighted by Gasteiger charge is -2.16. The Morgan fingerprint density at radius 3 is 1.73 bits per heavy atom. The number of benzene rings is 3. The second kappa shape index (κ2) is 6.75. The van der Waals surface area contributed by atoms with Crippen molar-refractivity contribution in [2.75, 3.05) is 0 Å². The topological polar surface area (TPSA) is 0 Å². The molecule has 0 saturated carbocycles. The van der Waals surface area contributed by atoms with Crippen LogP contribution in [0.1, 0.15) is 5.56 Å². The van der Waals surface area contributed by atoms with Crippen molar-refractivity contribution in [3.8, 4) is 22.3 Å². The molecule has 3 aromatic rings. The van der Waals surface area contributed by atoms with Crippen LogP contribution in [-0.2, 0) is 5.88 Å². The molecule has 0 bridgehead atoms. The van der Waals surface area contributed by atoms with Crippen LogP contribution in [0.2, 0.25) is 10.0 Å². The van der Waals surface area contributed by atoms with Gasteiger partial charge in [-0.1, -0.05) is 77.8 Å². The van der Waals surface area contributed by atoms with Crippen molar-refractivity contribution in [1.82, 2.24) is 0 Å². The molecule has 0 fully saturated rings. The normalized spacial score (nSPS) is 10.7. The van der Waals surface area contributed by atoms with E-state index in [0.717, 1.165) is 27.8 Å². The SMILES string of the molecule is ClCc1cccc(-c2ccccc2Cl)c1-c1ccccc1Cl. The van der Waals surface area contributed by atoms with Crippen LogP contribution in [0.3, 0.4) is 0 Å². The zero-order valence-corrected chi connectivity index (χ0v) is 14.0. The fraction of sp³-hybridized carbons (Fsp3) is 0.0526. The van der Waals surface area contributed by atoms with Gasteiger partial charge in [-0.3, -0.25) is 0 Å². The van der Waals surface area contributed by atoms with Crippen molar-refractivity contribution in [2.45, 2.75) is 5.88 Å². The maximum Gasteiger partial charge on any atom is 0.0484 e. The van der Waals surface area contributed by atoms with E-state index in [9.17, 15) is 0 Å². The molecule has 110 valence electrons. The molecule has 0 radical (unpaired) electrons. The van der Waals surface area contributed by atoms with E-state index in [1.54, 1.807) is 0 Å². The quantitative estimate of drug-likeness (QED) is 0.445. The monoisotopic (exact) mass is 346 g/mol. The lowest BCUT2D eigenvalue weighted by Crippen LogP contribution is -1.92. The maximum atomic E-state index is 6.41. The molecule has 22 heavy (non-hydrogen) atoms. The summed E-state index contributed by atoms with van der Waals surface area (Å²) in [7, 11) is 0. The van der Waals surface area contributed by atoms with Gasteiger partial charge >= 0.3 is 0 Å². The minimum absolute atomic E-state index is 0.416. The minimum Gasteiger partial charge on any atom is -0.122 e. The zero-order valence-electron chi connectivity index (χ0n) is 11.7. The van der Waals surface area contributed by atoms with E-state index in [0.29, 0.717) is 15.9 Å². The smallest absolute Gasteiger partial charge is 0.0484 e. The number of rotatable bonds is 3. The number of halogens is 3. The molecule has 0 N–H and O–H groups in total. The molecule has 0 aliphatic rings. The van der Waals surface area contributed by atoms with Gasteiger partial charge in [0.2, 0.25) is 0 Å². The minimum atomic E-state index is 0.416. The lowest BCUT2D eigenvalue weighted by atomic mass is 9.91. The molecule has 3 aromatic carbocycles. The van der Waals surface area contributed by atoms with E-state index in [4.69, 9.17) is 34.8 Å². The van der Waals surface area contributed by atoms with Crippen LogP contribution in [0.5, 0.6) is 0 Å². The highest BCUT2D eigenvalue weighted by molar-refractivity contribution is 6.35. The molecule has 0 amide bonds. The van der Waals surface area contributed by atoms with Crippen molar-refractivity contribution >= 4 is 34.8 Å². The molecule has 0 aliphatic carbocycles. The van der Waals surface area contributed by atoms with Crippen molar-refractivity contribution in [2.24, 2.45) is 0 Å². The van der Waals surface area contributed by atoms with Gasteiger partial charge in [0.15, 0.2) is 0 Å². The van der Waals surface area contributed by atoms with E-state index >= 15 is 0 Å². The molecule has 3 heteroatoms. The maximum absolute atomic E-state index is 6.41. The molecule has 0 saturated heterocycles. The van der Waals surface area contributed by atoms with Gasteiger partial charge in [-0.05, 0) is 28.8 Å². The first-order valence-electron chi connectivity index (χ1n) is 6.90. The Hall–Kier alpha value is -1.47. The summed E-state index contributed by atoms with van der Waals surface area (Å²) >= 11 is 19.0. The summed E-state index contributed by atoms with van der Waals surface area (Å²) in [6.07, 6.45) is 0. The van der Waals surface area contributed by atoms with Crippen LogP contribution in [0.25, 0.3) is 22.3 Å². The second-order valence-corrected chi connectivity index (χ2v) is 6.01. The van der Waals surface area contributed by atoms with Crippen LogP contribution in [0, 0.1) is 0 Å². The summed E-state index contributed by atoms with van der Waals surface area (Å²) < 4.78 is 0. The van der Waals surface area contributed by atoms with Gasteiger partial charge in [0.25, 0.3) is 0 Å². The van der Waals surface area contributed by atoms with Crippen LogP contribution in [-0.4, -0.2) is 0 Å². The molecular formula is C19H13Cl3. The van der Waals surface area contributed by atoms with Gasteiger partial charge in [-0.25, -0.2) is 0 Å². The first kappa shape index (κ1) is 15.4. The first-order chi connectivity index (χ1) is 10.7. The van der Waals surface area contributed by atoms with Crippen molar-refractivity contribution in [1.29, 1.82) is 0 Å². The van der Waals surface area contributed by atoms with E-state index < -0.39 is 0 Å². The van der Waals surface area contributed by atoms with E-state index in [1.807, 2.05) is 60.7 Å². The first-order valence-corrected chi connectivity index (χ1v) is 8.19. The summed E-state index contributed by atoms with van der Waals surface area (Å²) in [6, 6.07) is 21.7. The third-order valence-corrected chi connectivity index (χ3v) is 4.55. The van der Waals surface area contributed by atoms with Gasteiger partial charge < -0.3 is 0 Å². The second-order valence-electron chi connectivity index (χ2n) is 4.93. The van der Waals surface area contributed by atoms with Gasteiger partial charge in [0.1, 0.15) is 0 Å². The molecule has 0 aromatic heterocycles. The molecule has 0 atom stereocenters. The van der Waals surface area contributed by atoms with E-state index in [2.05, 4.69) is 6.07 Å². The highest BCUT2D eigenvalue weighted by atomic mass is 35.5. The van der Waals surface area contributed by atoms with E-state index in [1.165, 1.54) is 0 Å². The zero-order chi connectivity index (χ0) is 15.5. The Morgan fingerprint density at radius 2 is 1.14 bits per heavy atom. The van der Waals surface area contributed by atoms with Crippen molar-refractivity contribution in [3.05, 3.63) is 82.3 Å². The Morgan fingerprint density at radius 1 is 0.591 bits per heavy atom. The molecule has 0 unspecified atom stereocenters. The van der Waals surface area contributed by atoms with E-state index in [-0.39, 0.29) is 0 Å². The average Bonchev–Trinajstić information content (AvgIpc) is 2.55. The summed E-state index contributed by atoms with van der Waals surface area (Å²) in [5, 5.41) is 1.41. The molecule has 0 nitrogen and oxygen atoms in total. The Bertz CT molecular complexity index is 809. The molecular weight excluding hydrogens is 335 g/mol. The van der Waals surface area contributed by atoms with Crippen LogP contribution in [0.4, 0.5) is 0 Å². The van der Waals surface area contributed by atoms with Gasteiger partial charge in [-0.2, -0.15) is 0 Å². The highest BCUT2D eigenvalue weighted by Crippen LogP contribution is 2.41. The highest BCUT2D eigenvalue weighted by Gasteiger charge is 2.15. The largest absolute Gasteiger partial charge is 0.122 e. The number of hydrogen-bond acceptors (Lipinski definition) is 0. The van der Waals surface area contributed by atoms with Crippen LogP contribution in [0.15, 0.2) is 66.7 Å². The van der Waals surface area contributed by atoms with Gasteiger partial charge in [0.05, 0.1) is 0 Å². The Labute approximate surface area is 145 Å². The Balaban J connectivity index is 2.34. The van der Waals surface area contributed by atoms with Crippen LogP contribution < -0.4 is 0 Å². The summed E-state index contributed by atoms with van der Waals surface area (Å²) in [6.45, 7) is 0. The average molecular weight is 348 g/mol. The summed E-state index contributed by atoms with van der Waals surface area (Å²) in [5.74, 6) is 0.416. The van der Waals surface area contributed by atoms with Crippen molar-refractivity contribution < 1.29 is 0 Å². The number of hydrogen-bond donors (Lipinski definition) is 0. The standard InChI is InChI=1S/C19H13Cl3/c20-12-13-6-5-9-15(14-7-1-3-10-17(14)21)19(13)16-8-2-4-11-18(16)22/h1-11H,12H2. The predicted molar refractivity (Wildman–Crippen MR) is 96.9 cm³/mol. The van der Waals surface area contributed by atoms with Crippen molar-refractivity contribution in [3.63, 3.8) is 0 Å². The fourth-order valence-corrected chi connectivity index (χ4v) is 3.29. The third-order valence-electron chi connectivity index (χ3n) is 3.60. The summed E-state index contributed by atoms with van der Waals surface area (Å²) in [5.41, 5.74) is 5.06. The molecule has 3 rings (SSSR count). The Kier molecular flexibility index (Phi) is 4.73. The van der Waals surface area contributed by atoms with Crippen LogP contribution >= 0.6 is 34.8 Å². The predicted octanol–water partition coefficient (Wildman–Crippen LogP) is 7.07. The fourth-order valence-electron chi connectivity index (χ4n) is 2.60. The van der Waals surface area contributed by atoms with Gasteiger partial charge in [-0.15, -0.1) is 11.6 Å². The number of alkyl halides is 1. The molecule has 0 aliphatic heterocycles. The molecule has 0 spiro atoms. The molecule has 0 heterocycles.